The molecular weight excluding hydrogens is 462 g/mol. The zero-order valence-corrected chi connectivity index (χ0v) is 19.7. The molecule has 2 aromatic carbocycles. The van der Waals surface area contributed by atoms with Crippen molar-refractivity contribution in [3.05, 3.63) is 57.7 Å². The highest BCUT2D eigenvalue weighted by Crippen LogP contribution is 2.33. The molecule has 0 saturated carbocycles. The second-order valence-corrected chi connectivity index (χ2v) is 11.1. The van der Waals surface area contributed by atoms with Crippen LogP contribution in [-0.2, 0) is 32.5 Å². The highest BCUT2D eigenvalue weighted by Gasteiger charge is 2.29. The summed E-state index contributed by atoms with van der Waals surface area (Å²) in [7, 11) is -3.75. The van der Waals surface area contributed by atoms with Crippen LogP contribution < -0.4 is 9.18 Å². The molecule has 0 atom stereocenters. The maximum absolute atomic E-state index is 13.5. The van der Waals surface area contributed by atoms with Crippen LogP contribution in [0.4, 0.5) is 5.69 Å². The molecule has 0 N–H and O–H groups in total. The number of carbonyl (C=O) groups excluding carboxylic acids is 1. The fourth-order valence-corrected chi connectivity index (χ4v) is 7.07. The fraction of sp³-hybridized carbons (Fsp3) is 0.391. The highest BCUT2D eigenvalue weighted by atomic mass is 32.2. The van der Waals surface area contributed by atoms with Crippen molar-refractivity contribution < 1.29 is 17.9 Å². The van der Waals surface area contributed by atoms with Crippen LogP contribution in [0, 0.1) is 0 Å². The Morgan fingerprint density at radius 2 is 1.85 bits per heavy atom. The number of morpholine rings is 1. The number of hydrogen-bond donors (Lipinski definition) is 0. The van der Waals surface area contributed by atoms with E-state index in [0.717, 1.165) is 35.4 Å². The van der Waals surface area contributed by atoms with Crippen molar-refractivity contribution in [1.29, 1.82) is 0 Å². The summed E-state index contributed by atoms with van der Waals surface area (Å²) in [5.41, 5.74) is 2.39. The smallest absolute Gasteiger partial charge is 0.308 e. The summed E-state index contributed by atoms with van der Waals surface area (Å²) < 4.78 is 35.8. The predicted molar refractivity (Wildman–Crippen MR) is 127 cm³/mol. The number of amides is 1. The van der Waals surface area contributed by atoms with Gasteiger partial charge in [0.25, 0.3) is 10.0 Å². The summed E-state index contributed by atoms with van der Waals surface area (Å²) in [5, 5.41) is 0. The summed E-state index contributed by atoms with van der Waals surface area (Å²) >= 11 is 1.01. The van der Waals surface area contributed by atoms with Gasteiger partial charge in [0, 0.05) is 32.6 Å². The minimum Gasteiger partial charge on any atom is -0.378 e. The average molecular weight is 488 g/mol. The molecule has 2 aliphatic heterocycles. The van der Waals surface area contributed by atoms with Crippen molar-refractivity contribution in [2.45, 2.75) is 30.7 Å². The molecule has 1 amide bonds. The van der Waals surface area contributed by atoms with E-state index in [9.17, 15) is 18.0 Å². The van der Waals surface area contributed by atoms with Gasteiger partial charge in [-0.2, -0.15) is 0 Å². The summed E-state index contributed by atoms with van der Waals surface area (Å²) in [5.74, 6) is -0.00693. The van der Waals surface area contributed by atoms with Crippen molar-refractivity contribution in [2.75, 3.05) is 37.2 Å². The van der Waals surface area contributed by atoms with E-state index in [0.29, 0.717) is 43.1 Å². The lowest BCUT2D eigenvalue weighted by Crippen LogP contribution is -2.41. The maximum atomic E-state index is 13.5. The first-order valence-electron chi connectivity index (χ1n) is 11.0. The number of carbonyl (C=O) groups is 1. The first kappa shape index (κ1) is 22.1. The largest absolute Gasteiger partial charge is 0.378 e. The summed E-state index contributed by atoms with van der Waals surface area (Å²) in [6.07, 6.45) is 1.84. The van der Waals surface area contributed by atoms with E-state index in [1.54, 1.807) is 27.7 Å². The van der Waals surface area contributed by atoms with Crippen molar-refractivity contribution >= 4 is 43.2 Å². The molecule has 1 aromatic heterocycles. The number of thiazole rings is 1. The Kier molecular flexibility index (Phi) is 5.98. The molecule has 10 heteroatoms. The lowest BCUT2D eigenvalue weighted by Gasteiger charge is -2.30. The number of anilines is 1. The molecule has 3 heterocycles. The molecule has 3 aromatic rings. The average Bonchev–Trinajstić information content (AvgIpc) is 3.16. The molecule has 174 valence electrons. The second-order valence-electron chi connectivity index (χ2n) is 8.20. The molecule has 1 fully saturated rings. The number of aryl methyl sites for hydroxylation is 2. The van der Waals surface area contributed by atoms with Gasteiger partial charge >= 0.3 is 4.87 Å². The number of benzene rings is 2. The second kappa shape index (κ2) is 8.92. The van der Waals surface area contributed by atoms with E-state index in [-0.39, 0.29) is 28.6 Å². The van der Waals surface area contributed by atoms with E-state index < -0.39 is 10.0 Å². The summed E-state index contributed by atoms with van der Waals surface area (Å²) in [4.78, 5) is 26.8. The van der Waals surface area contributed by atoms with Gasteiger partial charge < -0.3 is 9.64 Å². The molecule has 33 heavy (non-hydrogen) atoms. The van der Waals surface area contributed by atoms with Crippen molar-refractivity contribution in [3.63, 3.8) is 0 Å². The van der Waals surface area contributed by atoms with Crippen LogP contribution in [0.2, 0.25) is 0 Å². The van der Waals surface area contributed by atoms with E-state index in [2.05, 4.69) is 0 Å². The van der Waals surface area contributed by atoms with Crippen LogP contribution >= 0.6 is 11.3 Å². The van der Waals surface area contributed by atoms with Crippen LogP contribution in [0.1, 0.15) is 18.4 Å². The van der Waals surface area contributed by atoms with E-state index >= 15 is 0 Å². The fourth-order valence-electron chi connectivity index (χ4n) is 4.47. The number of rotatable bonds is 5. The standard InChI is InChI=1S/C23H25N3O5S2/c27-22(24-12-14-31-15-13-24)9-11-25-20-8-7-18(16-21(20)32-23(25)28)33(29,30)26-10-3-5-17-4-1-2-6-19(17)26/h1-2,4,6-8,16H,3,5,9-15H2. The molecule has 0 aliphatic carbocycles. The third-order valence-corrected chi connectivity index (χ3v) is 8.96. The van der Waals surface area contributed by atoms with Gasteiger partial charge in [-0.05, 0) is 42.7 Å². The van der Waals surface area contributed by atoms with E-state index in [1.165, 1.54) is 4.31 Å². The number of fused-ring (bicyclic) bond motifs is 2. The number of para-hydroxylation sites is 1. The first-order valence-corrected chi connectivity index (χ1v) is 13.3. The molecule has 0 unspecified atom stereocenters. The van der Waals surface area contributed by atoms with Crippen molar-refractivity contribution in [1.82, 2.24) is 9.47 Å². The van der Waals surface area contributed by atoms with Gasteiger partial charge in [-0.25, -0.2) is 8.42 Å². The molecule has 1 saturated heterocycles. The molecule has 0 radical (unpaired) electrons. The van der Waals surface area contributed by atoms with Crippen molar-refractivity contribution in [2.24, 2.45) is 0 Å². The monoisotopic (exact) mass is 487 g/mol. The number of ether oxygens (including phenoxy) is 1. The van der Waals surface area contributed by atoms with Gasteiger partial charge in [-0.15, -0.1) is 0 Å². The zero-order chi connectivity index (χ0) is 23.0. The number of nitrogens with zero attached hydrogens (tertiary/aromatic N) is 3. The van der Waals surface area contributed by atoms with Crippen LogP contribution in [0.15, 0.2) is 52.2 Å². The predicted octanol–water partition coefficient (Wildman–Crippen LogP) is 2.45. The lowest BCUT2D eigenvalue weighted by atomic mass is 10.0. The van der Waals surface area contributed by atoms with Crippen LogP contribution in [0.5, 0.6) is 0 Å². The Hall–Kier alpha value is -2.69. The molecule has 8 nitrogen and oxygen atoms in total. The number of aromatic nitrogens is 1. The summed E-state index contributed by atoms with van der Waals surface area (Å²) in [6.45, 7) is 2.90. The van der Waals surface area contributed by atoms with Gasteiger partial charge in [0.15, 0.2) is 0 Å². The number of hydrogen-bond acceptors (Lipinski definition) is 6. The third kappa shape index (κ3) is 4.18. The van der Waals surface area contributed by atoms with Crippen molar-refractivity contribution in [3.8, 4) is 0 Å². The topological polar surface area (TPSA) is 88.9 Å². The van der Waals surface area contributed by atoms with E-state index in [1.807, 2.05) is 24.3 Å². The molecule has 5 rings (SSSR count). The first-order chi connectivity index (χ1) is 15.9. The summed E-state index contributed by atoms with van der Waals surface area (Å²) in [6, 6.07) is 12.4. The maximum Gasteiger partial charge on any atom is 0.308 e. The Morgan fingerprint density at radius 3 is 2.67 bits per heavy atom. The molecular formula is C23H25N3O5S2. The Morgan fingerprint density at radius 1 is 1.06 bits per heavy atom. The lowest BCUT2D eigenvalue weighted by molar-refractivity contribution is -0.135. The van der Waals surface area contributed by atoms with Gasteiger partial charge in [0.1, 0.15) is 0 Å². The number of sulfonamides is 1. The van der Waals surface area contributed by atoms with Crippen LogP contribution in [-0.4, -0.2) is 56.6 Å². The molecule has 0 spiro atoms. The molecule has 0 bridgehead atoms. The van der Waals surface area contributed by atoms with Gasteiger partial charge in [-0.1, -0.05) is 29.5 Å². The molecule has 2 aliphatic rings. The Bertz CT molecular complexity index is 1360. The third-order valence-electron chi connectivity index (χ3n) is 6.21. The van der Waals surface area contributed by atoms with E-state index in [4.69, 9.17) is 4.74 Å². The van der Waals surface area contributed by atoms with Crippen LogP contribution in [0.25, 0.3) is 10.2 Å². The Labute approximate surface area is 196 Å². The SMILES string of the molecule is O=C(CCn1c(=O)sc2cc(S(=O)(=O)N3CCCc4ccccc43)ccc21)N1CCOCC1. The van der Waals surface area contributed by atoms with Gasteiger partial charge in [0.2, 0.25) is 5.91 Å². The van der Waals surface area contributed by atoms with Gasteiger partial charge in [0.05, 0.1) is 34.0 Å². The quantitative estimate of drug-likeness (QED) is 0.552. The van der Waals surface area contributed by atoms with Crippen LogP contribution in [0.3, 0.4) is 0 Å². The highest BCUT2D eigenvalue weighted by molar-refractivity contribution is 7.92. The minimum atomic E-state index is -3.75. The zero-order valence-electron chi connectivity index (χ0n) is 18.1. The van der Waals surface area contributed by atoms with Gasteiger partial charge in [-0.3, -0.25) is 18.5 Å². The Balaban J connectivity index is 1.41. The minimum absolute atomic E-state index is 0.00693. The normalized spacial score (nSPS) is 16.7.